The van der Waals surface area contributed by atoms with Gasteiger partial charge >= 0.3 is 5.97 Å². The second kappa shape index (κ2) is 9.26. The molecule has 0 bridgehead atoms. The van der Waals surface area contributed by atoms with Crippen LogP contribution < -0.4 is 9.47 Å². The Balaban J connectivity index is 1.53. The van der Waals surface area contributed by atoms with Gasteiger partial charge in [0, 0.05) is 25.1 Å². The van der Waals surface area contributed by atoms with Gasteiger partial charge in [0.1, 0.15) is 6.61 Å². The first kappa shape index (κ1) is 19.7. The van der Waals surface area contributed by atoms with Crippen molar-refractivity contribution >= 4 is 11.9 Å². The molecule has 6 heteroatoms. The number of amides is 1. The average molecular weight is 383 g/mol. The molecule has 1 atom stereocenters. The molecular formula is C22H25NO5. The fourth-order valence-corrected chi connectivity index (χ4v) is 3.39. The molecule has 0 aliphatic carbocycles. The minimum Gasteiger partial charge on any atom is -0.493 e. The van der Waals surface area contributed by atoms with Crippen LogP contribution in [0.5, 0.6) is 11.5 Å². The summed E-state index contributed by atoms with van der Waals surface area (Å²) in [6.45, 7) is 1.09. The lowest BCUT2D eigenvalue weighted by Crippen LogP contribution is -2.28. The Bertz CT molecular complexity index is 821. The molecular weight excluding hydrogens is 358 g/mol. The Labute approximate surface area is 165 Å². The fraction of sp³-hybridized carbons (Fsp3) is 0.364. The van der Waals surface area contributed by atoms with Gasteiger partial charge in [0.15, 0.2) is 11.5 Å². The van der Waals surface area contributed by atoms with E-state index in [0.717, 1.165) is 12.0 Å². The highest BCUT2D eigenvalue weighted by Gasteiger charge is 2.35. The zero-order valence-electron chi connectivity index (χ0n) is 16.2. The molecule has 0 spiro atoms. The van der Waals surface area contributed by atoms with Crippen molar-refractivity contribution in [3.05, 3.63) is 59.7 Å². The standard InChI is InChI=1S/C22H25NO5/c1-26-19-10-6-9-17(21(19)27-2)15-28-22(25)18-13-20(24)23(14-18)12-11-16-7-4-3-5-8-16/h3-10,18H,11-15H2,1-2H3/t18-/m0/s1. The van der Waals surface area contributed by atoms with Gasteiger partial charge in [0.25, 0.3) is 0 Å². The predicted octanol–water partition coefficient (Wildman–Crippen LogP) is 2.84. The number of benzene rings is 2. The van der Waals surface area contributed by atoms with Gasteiger partial charge in [-0.3, -0.25) is 9.59 Å². The van der Waals surface area contributed by atoms with Crippen molar-refractivity contribution in [2.24, 2.45) is 5.92 Å². The summed E-state index contributed by atoms with van der Waals surface area (Å²) in [5.41, 5.74) is 1.90. The van der Waals surface area contributed by atoms with Crippen molar-refractivity contribution in [2.75, 3.05) is 27.3 Å². The number of ether oxygens (including phenoxy) is 3. The largest absolute Gasteiger partial charge is 0.493 e. The summed E-state index contributed by atoms with van der Waals surface area (Å²) < 4.78 is 16.1. The number of carbonyl (C=O) groups excluding carboxylic acids is 2. The lowest BCUT2D eigenvalue weighted by molar-refractivity contribution is -0.149. The summed E-state index contributed by atoms with van der Waals surface area (Å²) >= 11 is 0. The third-order valence-electron chi connectivity index (χ3n) is 4.92. The molecule has 148 valence electrons. The molecule has 0 N–H and O–H groups in total. The van der Waals surface area contributed by atoms with E-state index in [0.29, 0.717) is 24.6 Å². The number of carbonyl (C=O) groups is 2. The van der Waals surface area contributed by atoms with E-state index in [9.17, 15) is 9.59 Å². The average Bonchev–Trinajstić information content (AvgIpc) is 3.11. The summed E-state index contributed by atoms with van der Waals surface area (Å²) in [4.78, 5) is 26.5. The van der Waals surface area contributed by atoms with Crippen LogP contribution in [0.25, 0.3) is 0 Å². The van der Waals surface area contributed by atoms with E-state index in [1.54, 1.807) is 25.2 Å². The number of nitrogens with zero attached hydrogens (tertiary/aromatic N) is 1. The summed E-state index contributed by atoms with van der Waals surface area (Å²) in [5.74, 6) is 0.334. The zero-order chi connectivity index (χ0) is 19.9. The molecule has 0 aromatic heterocycles. The van der Waals surface area contributed by atoms with Crippen LogP contribution in [0.2, 0.25) is 0 Å². The molecule has 1 aliphatic heterocycles. The molecule has 1 fully saturated rings. The summed E-state index contributed by atoms with van der Waals surface area (Å²) in [5, 5.41) is 0. The van der Waals surface area contributed by atoms with E-state index in [4.69, 9.17) is 14.2 Å². The van der Waals surface area contributed by atoms with E-state index in [2.05, 4.69) is 0 Å². The van der Waals surface area contributed by atoms with Gasteiger partial charge < -0.3 is 19.1 Å². The second-order valence-electron chi connectivity index (χ2n) is 6.74. The summed E-state index contributed by atoms with van der Waals surface area (Å²) in [7, 11) is 3.10. The van der Waals surface area contributed by atoms with Crippen LogP contribution in [-0.2, 0) is 27.4 Å². The van der Waals surface area contributed by atoms with Crippen LogP contribution in [0.4, 0.5) is 0 Å². The molecule has 1 amide bonds. The topological polar surface area (TPSA) is 65.1 Å². The predicted molar refractivity (Wildman–Crippen MR) is 104 cm³/mol. The Kier molecular flexibility index (Phi) is 6.53. The maximum absolute atomic E-state index is 12.5. The van der Waals surface area contributed by atoms with Gasteiger partial charge in [-0.1, -0.05) is 42.5 Å². The second-order valence-corrected chi connectivity index (χ2v) is 6.74. The molecule has 1 saturated heterocycles. The number of methoxy groups -OCH3 is 2. The van der Waals surface area contributed by atoms with Crippen LogP contribution in [0.3, 0.4) is 0 Å². The SMILES string of the molecule is COc1cccc(COC(=O)[C@H]2CC(=O)N(CCc3ccccc3)C2)c1OC. The molecule has 0 radical (unpaired) electrons. The van der Waals surface area contributed by atoms with Gasteiger partial charge in [-0.25, -0.2) is 0 Å². The first-order chi connectivity index (χ1) is 13.6. The van der Waals surface area contributed by atoms with E-state index >= 15 is 0 Å². The third-order valence-corrected chi connectivity index (χ3v) is 4.92. The molecule has 1 aliphatic rings. The number of hydrogen-bond donors (Lipinski definition) is 0. The van der Waals surface area contributed by atoms with Crippen LogP contribution in [0.1, 0.15) is 17.5 Å². The van der Waals surface area contributed by atoms with Crippen LogP contribution in [0, 0.1) is 5.92 Å². The van der Waals surface area contributed by atoms with Gasteiger partial charge in [0.2, 0.25) is 5.91 Å². The molecule has 6 nitrogen and oxygen atoms in total. The molecule has 3 rings (SSSR count). The van der Waals surface area contributed by atoms with Gasteiger partial charge in [-0.2, -0.15) is 0 Å². The van der Waals surface area contributed by atoms with Crippen molar-refractivity contribution in [1.82, 2.24) is 4.90 Å². The van der Waals surface area contributed by atoms with Crippen molar-refractivity contribution < 1.29 is 23.8 Å². The molecule has 1 heterocycles. The summed E-state index contributed by atoms with van der Waals surface area (Å²) in [6.07, 6.45) is 0.970. The highest BCUT2D eigenvalue weighted by atomic mass is 16.5. The van der Waals surface area contributed by atoms with Crippen molar-refractivity contribution in [3.63, 3.8) is 0 Å². The van der Waals surface area contributed by atoms with Crippen molar-refractivity contribution in [2.45, 2.75) is 19.4 Å². The van der Waals surface area contributed by atoms with E-state index in [1.165, 1.54) is 5.56 Å². The van der Waals surface area contributed by atoms with E-state index in [1.807, 2.05) is 42.5 Å². The third kappa shape index (κ3) is 4.63. The molecule has 0 saturated carbocycles. The molecule has 2 aromatic rings. The first-order valence-electron chi connectivity index (χ1n) is 9.30. The van der Waals surface area contributed by atoms with Gasteiger partial charge in [-0.15, -0.1) is 0 Å². The molecule has 0 unspecified atom stereocenters. The lowest BCUT2D eigenvalue weighted by Gasteiger charge is -2.17. The van der Waals surface area contributed by atoms with Crippen LogP contribution >= 0.6 is 0 Å². The molecule has 2 aromatic carbocycles. The highest BCUT2D eigenvalue weighted by Crippen LogP contribution is 2.31. The van der Waals surface area contributed by atoms with E-state index < -0.39 is 5.92 Å². The Morgan fingerprint density at radius 1 is 1.07 bits per heavy atom. The minimum absolute atomic E-state index is 0.00292. The minimum atomic E-state index is -0.431. The van der Waals surface area contributed by atoms with Crippen LogP contribution in [-0.4, -0.2) is 44.1 Å². The number of likely N-dealkylation sites (tertiary alicyclic amines) is 1. The maximum Gasteiger partial charge on any atom is 0.311 e. The van der Waals surface area contributed by atoms with Crippen LogP contribution in [0.15, 0.2) is 48.5 Å². The van der Waals surface area contributed by atoms with Crippen molar-refractivity contribution in [3.8, 4) is 11.5 Å². The number of esters is 1. The Hall–Kier alpha value is -3.02. The first-order valence-corrected chi connectivity index (χ1v) is 9.30. The zero-order valence-corrected chi connectivity index (χ0v) is 16.2. The fourth-order valence-electron chi connectivity index (χ4n) is 3.39. The Morgan fingerprint density at radius 3 is 2.57 bits per heavy atom. The summed E-state index contributed by atoms with van der Waals surface area (Å²) in [6, 6.07) is 15.4. The van der Waals surface area contributed by atoms with E-state index in [-0.39, 0.29) is 24.9 Å². The smallest absolute Gasteiger partial charge is 0.311 e. The van der Waals surface area contributed by atoms with Gasteiger partial charge in [0.05, 0.1) is 20.1 Å². The Morgan fingerprint density at radius 2 is 1.86 bits per heavy atom. The lowest BCUT2D eigenvalue weighted by atomic mass is 10.1. The number of rotatable bonds is 8. The highest BCUT2D eigenvalue weighted by molar-refractivity contribution is 5.86. The quantitative estimate of drug-likeness (QED) is 0.656. The number of para-hydroxylation sites is 1. The molecule has 28 heavy (non-hydrogen) atoms. The normalized spacial score (nSPS) is 16.1. The number of hydrogen-bond acceptors (Lipinski definition) is 5. The monoisotopic (exact) mass is 383 g/mol. The maximum atomic E-state index is 12.5. The van der Waals surface area contributed by atoms with Gasteiger partial charge in [-0.05, 0) is 18.1 Å². The van der Waals surface area contributed by atoms with Crippen molar-refractivity contribution in [1.29, 1.82) is 0 Å².